The number of nitrogens with zero attached hydrogens (tertiary/aromatic N) is 4. The molecule has 0 amide bonds. The predicted octanol–water partition coefficient (Wildman–Crippen LogP) is 3.77. The quantitative estimate of drug-likeness (QED) is 0.505. The highest BCUT2D eigenvalue weighted by atomic mass is 16.6. The molecule has 0 spiro atoms. The Hall–Kier alpha value is -3.35. The normalized spacial score (nSPS) is 12.0. The molecule has 0 saturated carbocycles. The maximum atomic E-state index is 13.2. The Morgan fingerprint density at radius 3 is 2.39 bits per heavy atom. The molecular formula is C21H22N4O3. The van der Waals surface area contributed by atoms with Crippen molar-refractivity contribution in [3.05, 3.63) is 58.8 Å². The zero-order valence-corrected chi connectivity index (χ0v) is 16.6. The van der Waals surface area contributed by atoms with Crippen LogP contribution in [0, 0.1) is 6.92 Å². The Labute approximate surface area is 161 Å². The minimum Gasteiger partial charge on any atom is -0.443 e. The summed E-state index contributed by atoms with van der Waals surface area (Å²) in [5, 5.41) is 0. The molecule has 28 heavy (non-hydrogen) atoms. The van der Waals surface area contributed by atoms with Crippen LogP contribution < -0.4 is 5.69 Å². The summed E-state index contributed by atoms with van der Waals surface area (Å²) in [6.07, 6.45) is -0.692. The largest absolute Gasteiger partial charge is 0.443 e. The van der Waals surface area contributed by atoms with Crippen LogP contribution in [0.15, 0.2) is 47.3 Å². The summed E-state index contributed by atoms with van der Waals surface area (Å²) in [4.78, 5) is 30.5. The summed E-state index contributed by atoms with van der Waals surface area (Å²) in [6.45, 7) is 7.24. The molecule has 2 aromatic heterocycles. The van der Waals surface area contributed by atoms with Crippen LogP contribution in [-0.2, 0) is 11.8 Å². The molecule has 4 aromatic rings. The topological polar surface area (TPSA) is 71.1 Å². The van der Waals surface area contributed by atoms with E-state index in [1.165, 1.54) is 4.57 Å². The van der Waals surface area contributed by atoms with Gasteiger partial charge in [-0.2, -0.15) is 4.57 Å². The molecule has 2 aromatic carbocycles. The lowest BCUT2D eigenvalue weighted by Crippen LogP contribution is -2.34. The first-order valence-corrected chi connectivity index (χ1v) is 9.07. The standard InChI is InChI=1S/C21H22N4O3/c1-13-22-15-12-14(10-11-16(15)23(13)5)24-17-8-6-7-9-18(17)25(19(24)26)20(27)28-21(2,3)4/h6-12H,1-5H3. The number of benzene rings is 2. The van der Waals surface area contributed by atoms with E-state index < -0.39 is 17.4 Å². The number of rotatable bonds is 1. The minimum atomic E-state index is -0.704. The summed E-state index contributed by atoms with van der Waals surface area (Å²) in [5.74, 6) is 0.885. The molecule has 0 fully saturated rings. The van der Waals surface area contributed by atoms with Gasteiger partial charge in [0, 0.05) is 7.05 Å². The fraction of sp³-hybridized carbons (Fsp3) is 0.286. The number of hydrogen-bond acceptors (Lipinski definition) is 4. The van der Waals surface area contributed by atoms with E-state index in [4.69, 9.17) is 4.74 Å². The average Bonchev–Trinajstić information content (AvgIpc) is 3.06. The van der Waals surface area contributed by atoms with Crippen LogP contribution in [0.25, 0.3) is 27.8 Å². The predicted molar refractivity (Wildman–Crippen MR) is 108 cm³/mol. The number of carbonyl (C=O) groups excluding carboxylic acids is 1. The smallest absolute Gasteiger partial charge is 0.423 e. The van der Waals surface area contributed by atoms with E-state index in [1.807, 2.05) is 48.9 Å². The van der Waals surface area contributed by atoms with Crippen LogP contribution in [0.3, 0.4) is 0 Å². The molecule has 144 valence electrons. The second kappa shape index (κ2) is 6.09. The molecule has 2 heterocycles. The van der Waals surface area contributed by atoms with Crippen molar-refractivity contribution in [2.75, 3.05) is 0 Å². The van der Waals surface area contributed by atoms with E-state index in [1.54, 1.807) is 32.9 Å². The van der Waals surface area contributed by atoms with Gasteiger partial charge in [-0.3, -0.25) is 4.57 Å². The van der Waals surface area contributed by atoms with Crippen molar-refractivity contribution in [3.63, 3.8) is 0 Å². The highest BCUT2D eigenvalue weighted by Crippen LogP contribution is 2.22. The fourth-order valence-electron chi connectivity index (χ4n) is 3.33. The van der Waals surface area contributed by atoms with Crippen LogP contribution in [0.4, 0.5) is 4.79 Å². The summed E-state index contributed by atoms with van der Waals surface area (Å²) in [5.41, 5.74) is 2.37. The maximum absolute atomic E-state index is 13.2. The second-order valence-electron chi connectivity index (χ2n) is 7.81. The number of hydrogen-bond donors (Lipinski definition) is 0. The van der Waals surface area contributed by atoms with Crippen LogP contribution in [0.5, 0.6) is 0 Å². The molecule has 0 N–H and O–H groups in total. The van der Waals surface area contributed by atoms with Gasteiger partial charge in [0.15, 0.2) is 0 Å². The van der Waals surface area contributed by atoms with E-state index in [0.717, 1.165) is 21.4 Å². The van der Waals surface area contributed by atoms with Gasteiger partial charge in [-0.15, -0.1) is 0 Å². The molecular weight excluding hydrogens is 356 g/mol. The van der Waals surface area contributed by atoms with Crippen molar-refractivity contribution in [2.45, 2.75) is 33.3 Å². The van der Waals surface area contributed by atoms with Crippen LogP contribution in [0.2, 0.25) is 0 Å². The number of ether oxygens (including phenoxy) is 1. The van der Waals surface area contributed by atoms with E-state index in [0.29, 0.717) is 16.7 Å². The Morgan fingerprint density at radius 2 is 1.71 bits per heavy atom. The van der Waals surface area contributed by atoms with Gasteiger partial charge >= 0.3 is 11.8 Å². The summed E-state index contributed by atoms with van der Waals surface area (Å²) >= 11 is 0. The first-order chi connectivity index (χ1) is 13.2. The van der Waals surface area contributed by atoms with Crippen molar-refractivity contribution in [2.24, 2.45) is 7.05 Å². The third kappa shape index (κ3) is 2.79. The van der Waals surface area contributed by atoms with E-state index >= 15 is 0 Å². The van der Waals surface area contributed by atoms with Gasteiger partial charge in [-0.1, -0.05) is 12.1 Å². The Bertz CT molecular complexity index is 1280. The molecule has 4 rings (SSSR count). The first-order valence-electron chi connectivity index (χ1n) is 9.07. The van der Waals surface area contributed by atoms with Crippen molar-refractivity contribution < 1.29 is 9.53 Å². The number of carbonyl (C=O) groups is 1. The van der Waals surface area contributed by atoms with E-state index in [9.17, 15) is 9.59 Å². The molecule has 0 radical (unpaired) electrons. The molecule has 0 bridgehead atoms. The Morgan fingerprint density at radius 1 is 1.04 bits per heavy atom. The third-order valence-corrected chi connectivity index (χ3v) is 4.67. The second-order valence-corrected chi connectivity index (χ2v) is 7.81. The van der Waals surface area contributed by atoms with Gasteiger partial charge in [0.2, 0.25) is 0 Å². The van der Waals surface area contributed by atoms with Gasteiger partial charge in [0.1, 0.15) is 11.4 Å². The highest BCUT2D eigenvalue weighted by Gasteiger charge is 2.24. The molecule has 0 aliphatic carbocycles. The molecule has 0 aliphatic rings. The molecule has 7 heteroatoms. The zero-order valence-electron chi connectivity index (χ0n) is 16.6. The number of fused-ring (bicyclic) bond motifs is 2. The SMILES string of the molecule is Cc1nc2cc(-n3c(=O)n(C(=O)OC(C)(C)C)c4ccccc43)ccc2n1C. The molecule has 0 atom stereocenters. The number of aromatic nitrogens is 4. The van der Waals surface area contributed by atoms with Crippen molar-refractivity contribution in [1.29, 1.82) is 0 Å². The summed E-state index contributed by atoms with van der Waals surface area (Å²) in [6, 6.07) is 12.8. The van der Waals surface area contributed by atoms with Crippen molar-refractivity contribution in [1.82, 2.24) is 18.7 Å². The van der Waals surface area contributed by atoms with Crippen LogP contribution >= 0.6 is 0 Å². The number of para-hydroxylation sites is 2. The van der Waals surface area contributed by atoms with Gasteiger partial charge in [-0.25, -0.2) is 14.6 Å². The van der Waals surface area contributed by atoms with E-state index in [-0.39, 0.29) is 0 Å². The Balaban J connectivity index is 1.97. The molecule has 0 saturated heterocycles. The lowest BCUT2D eigenvalue weighted by atomic mass is 10.2. The first kappa shape index (κ1) is 18.0. The van der Waals surface area contributed by atoms with Crippen molar-refractivity contribution >= 4 is 28.2 Å². The third-order valence-electron chi connectivity index (χ3n) is 4.67. The van der Waals surface area contributed by atoms with E-state index in [2.05, 4.69) is 4.98 Å². The minimum absolute atomic E-state index is 0.470. The Kier molecular flexibility index (Phi) is 3.92. The summed E-state index contributed by atoms with van der Waals surface area (Å²) in [7, 11) is 1.95. The molecule has 0 aliphatic heterocycles. The van der Waals surface area contributed by atoms with Crippen molar-refractivity contribution in [3.8, 4) is 5.69 Å². The zero-order chi connectivity index (χ0) is 20.2. The number of imidazole rings is 2. The maximum Gasteiger partial charge on any atom is 0.423 e. The highest BCUT2D eigenvalue weighted by molar-refractivity contribution is 5.89. The lowest BCUT2D eigenvalue weighted by Gasteiger charge is -2.19. The molecule has 0 unspecified atom stereocenters. The van der Waals surface area contributed by atoms with Crippen LogP contribution in [-0.4, -0.2) is 30.4 Å². The van der Waals surface area contributed by atoms with Gasteiger partial charge < -0.3 is 9.30 Å². The monoisotopic (exact) mass is 378 g/mol. The molecule has 7 nitrogen and oxygen atoms in total. The van der Waals surface area contributed by atoms with Gasteiger partial charge in [0.05, 0.1) is 27.8 Å². The lowest BCUT2D eigenvalue weighted by molar-refractivity contribution is 0.0538. The fourth-order valence-corrected chi connectivity index (χ4v) is 3.33. The van der Waals surface area contributed by atoms with Gasteiger partial charge in [0.25, 0.3) is 0 Å². The number of aryl methyl sites for hydroxylation is 2. The van der Waals surface area contributed by atoms with Gasteiger partial charge in [-0.05, 0) is 58.0 Å². The average molecular weight is 378 g/mol. The summed E-state index contributed by atoms with van der Waals surface area (Å²) < 4.78 is 10.0. The van der Waals surface area contributed by atoms with Crippen LogP contribution in [0.1, 0.15) is 26.6 Å².